The van der Waals surface area contributed by atoms with E-state index in [9.17, 15) is 4.79 Å². The van der Waals surface area contributed by atoms with Gasteiger partial charge in [0, 0.05) is 13.5 Å². The highest BCUT2D eigenvalue weighted by molar-refractivity contribution is 5.80. The summed E-state index contributed by atoms with van der Waals surface area (Å²) in [4.78, 5) is 13.8. The first kappa shape index (κ1) is 9.88. The Hall–Kier alpha value is -1.31. The van der Waals surface area contributed by atoms with E-state index in [0.717, 1.165) is 12.8 Å². The summed E-state index contributed by atoms with van der Waals surface area (Å²) < 4.78 is 0. The van der Waals surface area contributed by atoms with Crippen LogP contribution in [0.2, 0.25) is 0 Å². The van der Waals surface area contributed by atoms with Crippen LogP contribution in [-0.4, -0.2) is 17.9 Å². The fraction of sp³-hybridized carbons (Fsp3) is 0.500. The molecule has 0 radical (unpaired) electrons. The SMILES string of the molecule is CN1C(=O)CCC12CCCc1ccccc12. The Labute approximate surface area is 96.3 Å². The van der Waals surface area contributed by atoms with Crippen LogP contribution in [0.1, 0.15) is 36.8 Å². The minimum Gasteiger partial charge on any atom is -0.336 e. The third-order valence-corrected chi connectivity index (χ3v) is 4.32. The standard InChI is InChI=1S/C14H17NO/c1-15-13(16)8-10-14(15)9-4-6-11-5-2-3-7-12(11)14/h2-3,5,7H,4,6,8-10H2,1H3. The minimum absolute atomic E-state index is 0.0198. The molecule has 2 nitrogen and oxygen atoms in total. The average molecular weight is 215 g/mol. The van der Waals surface area contributed by atoms with Crippen molar-refractivity contribution < 1.29 is 4.79 Å². The third-order valence-electron chi connectivity index (χ3n) is 4.32. The van der Waals surface area contributed by atoms with Crippen LogP contribution >= 0.6 is 0 Å². The number of benzene rings is 1. The normalized spacial score (nSPS) is 28.6. The molecule has 0 saturated carbocycles. The van der Waals surface area contributed by atoms with Gasteiger partial charge < -0.3 is 4.90 Å². The lowest BCUT2D eigenvalue weighted by Gasteiger charge is -2.41. The summed E-state index contributed by atoms with van der Waals surface area (Å²) in [6.45, 7) is 0. The molecule has 1 aromatic rings. The summed E-state index contributed by atoms with van der Waals surface area (Å²) in [5.41, 5.74) is 2.86. The van der Waals surface area contributed by atoms with Gasteiger partial charge >= 0.3 is 0 Å². The quantitative estimate of drug-likeness (QED) is 0.651. The van der Waals surface area contributed by atoms with Crippen molar-refractivity contribution in [3.8, 4) is 0 Å². The van der Waals surface area contributed by atoms with E-state index in [1.54, 1.807) is 0 Å². The lowest BCUT2D eigenvalue weighted by Crippen LogP contribution is -2.42. The minimum atomic E-state index is 0.0198. The maximum absolute atomic E-state index is 11.8. The Balaban J connectivity index is 2.14. The summed E-state index contributed by atoms with van der Waals surface area (Å²) in [5.74, 6) is 0.303. The molecule has 2 heteroatoms. The highest BCUT2D eigenvalue weighted by Crippen LogP contribution is 2.46. The topological polar surface area (TPSA) is 20.3 Å². The van der Waals surface area contributed by atoms with Crippen molar-refractivity contribution in [3.63, 3.8) is 0 Å². The molecule has 0 aromatic heterocycles. The Morgan fingerprint density at radius 2 is 2.00 bits per heavy atom. The van der Waals surface area contributed by atoms with Crippen molar-refractivity contribution in [2.45, 2.75) is 37.6 Å². The van der Waals surface area contributed by atoms with Crippen LogP contribution < -0.4 is 0 Å². The third kappa shape index (κ3) is 1.16. The van der Waals surface area contributed by atoms with Crippen molar-refractivity contribution in [2.75, 3.05) is 7.05 Å². The molecular formula is C14H17NO. The zero-order chi connectivity index (χ0) is 11.2. The zero-order valence-corrected chi connectivity index (χ0v) is 9.70. The van der Waals surface area contributed by atoms with E-state index >= 15 is 0 Å². The second-order valence-electron chi connectivity index (χ2n) is 5.00. The molecule has 1 atom stereocenters. The highest BCUT2D eigenvalue weighted by atomic mass is 16.2. The molecule has 1 aromatic carbocycles. The van der Waals surface area contributed by atoms with Gasteiger partial charge in [-0.2, -0.15) is 0 Å². The van der Waals surface area contributed by atoms with Crippen molar-refractivity contribution >= 4 is 5.91 Å². The molecular weight excluding hydrogens is 198 g/mol. The fourth-order valence-corrected chi connectivity index (χ4v) is 3.39. The number of hydrogen-bond acceptors (Lipinski definition) is 1. The maximum Gasteiger partial charge on any atom is 0.223 e. The van der Waals surface area contributed by atoms with Gasteiger partial charge in [0.05, 0.1) is 5.54 Å². The average Bonchev–Trinajstić information content (AvgIpc) is 2.60. The van der Waals surface area contributed by atoms with Gasteiger partial charge in [-0.15, -0.1) is 0 Å². The van der Waals surface area contributed by atoms with Gasteiger partial charge in [0.15, 0.2) is 0 Å². The Morgan fingerprint density at radius 3 is 2.75 bits per heavy atom. The van der Waals surface area contributed by atoms with E-state index in [1.165, 1.54) is 24.0 Å². The van der Waals surface area contributed by atoms with Crippen molar-refractivity contribution in [1.29, 1.82) is 0 Å². The van der Waals surface area contributed by atoms with Crippen LogP contribution in [0.5, 0.6) is 0 Å². The number of carbonyl (C=O) groups is 1. The van der Waals surface area contributed by atoms with Crippen molar-refractivity contribution in [1.82, 2.24) is 4.90 Å². The van der Waals surface area contributed by atoms with Crippen molar-refractivity contribution in [2.24, 2.45) is 0 Å². The Bertz CT molecular complexity index is 440. The van der Waals surface area contributed by atoms with Gasteiger partial charge in [-0.25, -0.2) is 0 Å². The number of amides is 1. The molecule has 1 amide bonds. The molecule has 1 unspecified atom stereocenters. The van der Waals surface area contributed by atoms with Gasteiger partial charge in [-0.05, 0) is 36.8 Å². The zero-order valence-electron chi connectivity index (χ0n) is 9.70. The van der Waals surface area contributed by atoms with E-state index in [1.807, 2.05) is 11.9 Å². The smallest absolute Gasteiger partial charge is 0.223 e. The number of nitrogens with zero attached hydrogens (tertiary/aromatic N) is 1. The lowest BCUT2D eigenvalue weighted by molar-refractivity contribution is -0.130. The summed E-state index contributed by atoms with van der Waals surface area (Å²) in [6.07, 6.45) is 5.21. The molecule has 3 rings (SSSR count). The summed E-state index contributed by atoms with van der Waals surface area (Å²) in [6, 6.07) is 8.63. The number of likely N-dealkylation sites (tertiary alicyclic amines) is 1. The Kier molecular flexibility index (Phi) is 2.06. The van der Waals surface area contributed by atoms with Gasteiger partial charge in [0.25, 0.3) is 0 Å². The molecule has 0 bridgehead atoms. The summed E-state index contributed by atoms with van der Waals surface area (Å²) >= 11 is 0. The van der Waals surface area contributed by atoms with Crippen LogP contribution in [0.3, 0.4) is 0 Å². The highest BCUT2D eigenvalue weighted by Gasteiger charge is 2.46. The van der Waals surface area contributed by atoms with E-state index in [2.05, 4.69) is 24.3 Å². The van der Waals surface area contributed by atoms with E-state index < -0.39 is 0 Å². The van der Waals surface area contributed by atoms with E-state index in [-0.39, 0.29) is 5.54 Å². The van der Waals surface area contributed by atoms with Gasteiger partial charge in [-0.3, -0.25) is 4.79 Å². The number of aryl methyl sites for hydroxylation is 1. The van der Waals surface area contributed by atoms with Crippen LogP contribution in [0.15, 0.2) is 24.3 Å². The molecule has 1 saturated heterocycles. The molecule has 1 spiro atoms. The molecule has 84 valence electrons. The fourth-order valence-electron chi connectivity index (χ4n) is 3.39. The van der Waals surface area contributed by atoms with Crippen LogP contribution in [0, 0.1) is 0 Å². The first-order valence-corrected chi connectivity index (χ1v) is 6.09. The second-order valence-corrected chi connectivity index (χ2v) is 5.00. The Morgan fingerprint density at radius 1 is 1.19 bits per heavy atom. The van der Waals surface area contributed by atoms with Gasteiger partial charge in [0.2, 0.25) is 5.91 Å². The molecule has 2 aliphatic rings. The van der Waals surface area contributed by atoms with E-state index in [4.69, 9.17) is 0 Å². The number of carbonyl (C=O) groups excluding carboxylic acids is 1. The van der Waals surface area contributed by atoms with E-state index in [0.29, 0.717) is 12.3 Å². The number of hydrogen-bond donors (Lipinski definition) is 0. The summed E-state index contributed by atoms with van der Waals surface area (Å²) in [5, 5.41) is 0. The maximum atomic E-state index is 11.8. The second kappa shape index (κ2) is 3.34. The first-order chi connectivity index (χ1) is 7.74. The first-order valence-electron chi connectivity index (χ1n) is 6.09. The number of rotatable bonds is 0. The predicted molar refractivity (Wildman–Crippen MR) is 63.1 cm³/mol. The molecule has 1 aliphatic heterocycles. The van der Waals surface area contributed by atoms with Crippen LogP contribution in [0.25, 0.3) is 0 Å². The molecule has 1 aliphatic carbocycles. The predicted octanol–water partition coefficient (Wildman–Crippen LogP) is 2.47. The lowest BCUT2D eigenvalue weighted by atomic mass is 9.75. The molecule has 1 fully saturated rings. The molecule has 1 heterocycles. The van der Waals surface area contributed by atoms with Gasteiger partial charge in [-0.1, -0.05) is 24.3 Å². The van der Waals surface area contributed by atoms with Crippen LogP contribution in [-0.2, 0) is 16.8 Å². The number of fused-ring (bicyclic) bond motifs is 2. The molecule has 16 heavy (non-hydrogen) atoms. The largest absolute Gasteiger partial charge is 0.336 e. The van der Waals surface area contributed by atoms with Crippen molar-refractivity contribution in [3.05, 3.63) is 35.4 Å². The van der Waals surface area contributed by atoms with Crippen LogP contribution in [0.4, 0.5) is 0 Å². The monoisotopic (exact) mass is 215 g/mol. The summed E-state index contributed by atoms with van der Waals surface area (Å²) in [7, 11) is 1.97. The van der Waals surface area contributed by atoms with Gasteiger partial charge in [0.1, 0.15) is 0 Å². The molecule has 0 N–H and O–H groups in total.